The van der Waals surface area contributed by atoms with Crippen LogP contribution < -0.4 is 5.32 Å². The Bertz CT molecular complexity index is 133. The van der Waals surface area contributed by atoms with Crippen molar-refractivity contribution in [3.8, 4) is 0 Å². The quantitative estimate of drug-likeness (QED) is 0.578. The number of H-pyrrole nitrogens is 1. The highest BCUT2D eigenvalue weighted by Gasteiger charge is 1.88. The lowest BCUT2D eigenvalue weighted by Gasteiger charge is -1.85. The van der Waals surface area contributed by atoms with Gasteiger partial charge in [-0.05, 0) is 6.07 Å². The molecule has 0 atom stereocenters. The van der Waals surface area contributed by atoms with Crippen molar-refractivity contribution in [2.75, 3.05) is 7.05 Å². The molecule has 3 heteroatoms. The van der Waals surface area contributed by atoms with Crippen molar-refractivity contribution in [2.24, 2.45) is 0 Å². The lowest BCUT2D eigenvalue weighted by molar-refractivity contribution is 0.769. The summed E-state index contributed by atoms with van der Waals surface area (Å²) in [6.07, 6.45) is 1.79. The molecule has 43 valence electrons. The first-order valence-corrected chi connectivity index (χ1v) is 2.47. The van der Waals surface area contributed by atoms with Gasteiger partial charge in [-0.15, -0.1) is 0 Å². The van der Waals surface area contributed by atoms with Gasteiger partial charge in [-0.1, -0.05) is 0 Å². The smallest absolute Gasteiger partial charge is 0.0776 e. The van der Waals surface area contributed by atoms with Crippen molar-refractivity contribution in [1.82, 2.24) is 15.5 Å². The molecular formula is C5H8N3. The van der Waals surface area contributed by atoms with Crippen LogP contribution in [0.25, 0.3) is 0 Å². The van der Waals surface area contributed by atoms with Crippen molar-refractivity contribution in [3.05, 3.63) is 18.0 Å². The molecule has 0 aliphatic rings. The third kappa shape index (κ3) is 1.07. The summed E-state index contributed by atoms with van der Waals surface area (Å²) in [5.41, 5.74) is 0.993. The van der Waals surface area contributed by atoms with Crippen LogP contribution in [0.4, 0.5) is 0 Å². The summed E-state index contributed by atoms with van der Waals surface area (Å²) >= 11 is 0. The normalized spacial score (nSPS) is 9.62. The van der Waals surface area contributed by atoms with E-state index in [2.05, 4.69) is 15.5 Å². The molecule has 1 heterocycles. The van der Waals surface area contributed by atoms with Crippen LogP contribution >= 0.6 is 0 Å². The summed E-state index contributed by atoms with van der Waals surface area (Å²) in [6.45, 7) is 0.712. The Balaban J connectivity index is 2.50. The Morgan fingerprint density at radius 1 is 1.88 bits per heavy atom. The highest BCUT2D eigenvalue weighted by atomic mass is 15.1. The minimum Gasteiger partial charge on any atom is -0.285 e. The molecule has 1 N–H and O–H groups in total. The molecule has 0 aliphatic carbocycles. The van der Waals surface area contributed by atoms with Crippen LogP contribution in [0.3, 0.4) is 0 Å². The molecule has 3 nitrogen and oxygen atoms in total. The van der Waals surface area contributed by atoms with Gasteiger partial charge in [-0.25, -0.2) is 5.32 Å². The summed E-state index contributed by atoms with van der Waals surface area (Å²) < 4.78 is 0. The van der Waals surface area contributed by atoms with Gasteiger partial charge in [0.25, 0.3) is 0 Å². The van der Waals surface area contributed by atoms with Crippen molar-refractivity contribution in [3.63, 3.8) is 0 Å². The standard InChI is InChI=1S/C5H8N3/c1-6-4-5-2-3-7-8-5/h2-3H,4H2,1H3,(H,7,8). The molecule has 0 amide bonds. The predicted octanol–water partition coefficient (Wildman–Crippen LogP) is 0.144. The molecule has 8 heavy (non-hydrogen) atoms. The number of hydrogen-bond donors (Lipinski definition) is 1. The Morgan fingerprint density at radius 2 is 2.75 bits per heavy atom. The van der Waals surface area contributed by atoms with E-state index in [1.165, 1.54) is 0 Å². The average Bonchev–Trinajstić information content (AvgIpc) is 2.19. The first kappa shape index (κ1) is 5.31. The van der Waals surface area contributed by atoms with Gasteiger partial charge in [0.2, 0.25) is 0 Å². The first-order chi connectivity index (χ1) is 3.93. The van der Waals surface area contributed by atoms with E-state index < -0.39 is 0 Å². The van der Waals surface area contributed by atoms with E-state index in [0.717, 1.165) is 5.69 Å². The number of nitrogens with one attached hydrogen (secondary N) is 1. The first-order valence-electron chi connectivity index (χ1n) is 2.47. The molecule has 1 aromatic heterocycles. The van der Waals surface area contributed by atoms with Gasteiger partial charge in [-0.2, -0.15) is 5.10 Å². The maximum Gasteiger partial charge on any atom is 0.0776 e. The van der Waals surface area contributed by atoms with E-state index in [9.17, 15) is 0 Å². The zero-order chi connectivity index (χ0) is 5.82. The van der Waals surface area contributed by atoms with Crippen LogP contribution in [0, 0.1) is 0 Å². The summed E-state index contributed by atoms with van der Waals surface area (Å²) in [5, 5.41) is 10.5. The van der Waals surface area contributed by atoms with E-state index in [4.69, 9.17) is 0 Å². The number of aromatic nitrogens is 2. The molecule has 0 saturated carbocycles. The van der Waals surface area contributed by atoms with Crippen molar-refractivity contribution >= 4 is 0 Å². The second-order valence-electron chi connectivity index (χ2n) is 1.54. The van der Waals surface area contributed by atoms with Gasteiger partial charge >= 0.3 is 0 Å². The van der Waals surface area contributed by atoms with Crippen LogP contribution in [-0.2, 0) is 6.54 Å². The highest BCUT2D eigenvalue weighted by molar-refractivity contribution is 4.95. The summed E-state index contributed by atoms with van der Waals surface area (Å²) in [6, 6.07) is 1.91. The van der Waals surface area contributed by atoms with E-state index >= 15 is 0 Å². The van der Waals surface area contributed by atoms with E-state index in [0.29, 0.717) is 6.54 Å². The van der Waals surface area contributed by atoms with Crippen molar-refractivity contribution < 1.29 is 0 Å². The number of rotatable bonds is 2. The minimum atomic E-state index is 0.712. The fourth-order valence-electron chi connectivity index (χ4n) is 0.541. The molecular weight excluding hydrogens is 102 g/mol. The molecule has 0 bridgehead atoms. The molecule has 1 rings (SSSR count). The molecule has 0 aliphatic heterocycles. The lowest BCUT2D eigenvalue weighted by Crippen LogP contribution is -1.96. The largest absolute Gasteiger partial charge is 0.285 e. The Hall–Kier alpha value is -0.830. The van der Waals surface area contributed by atoms with Gasteiger partial charge in [0.05, 0.1) is 12.2 Å². The van der Waals surface area contributed by atoms with Crippen LogP contribution in [0.5, 0.6) is 0 Å². The molecule has 0 aromatic carbocycles. The topological polar surface area (TPSA) is 42.8 Å². The van der Waals surface area contributed by atoms with Gasteiger partial charge in [-0.3, -0.25) is 5.10 Å². The van der Waals surface area contributed by atoms with Crippen molar-refractivity contribution in [2.45, 2.75) is 6.54 Å². The van der Waals surface area contributed by atoms with Crippen molar-refractivity contribution in [1.29, 1.82) is 0 Å². The van der Waals surface area contributed by atoms with Gasteiger partial charge in [0.1, 0.15) is 0 Å². The molecule has 0 spiro atoms. The maximum atomic E-state index is 3.90. The van der Waals surface area contributed by atoms with Gasteiger partial charge in [0, 0.05) is 13.2 Å². The average molecular weight is 110 g/mol. The summed E-state index contributed by atoms with van der Waals surface area (Å²) in [5.74, 6) is 0. The monoisotopic (exact) mass is 110 g/mol. The van der Waals surface area contributed by atoms with E-state index in [1.807, 2.05) is 6.07 Å². The lowest BCUT2D eigenvalue weighted by atomic mass is 10.4. The highest BCUT2D eigenvalue weighted by Crippen LogP contribution is 1.88. The number of hydrogen-bond acceptors (Lipinski definition) is 1. The number of aromatic amines is 1. The predicted molar refractivity (Wildman–Crippen MR) is 30.3 cm³/mol. The zero-order valence-electron chi connectivity index (χ0n) is 4.76. The van der Waals surface area contributed by atoms with Crippen LogP contribution in [-0.4, -0.2) is 17.2 Å². The molecule has 0 saturated heterocycles. The fraction of sp³-hybridized carbons (Fsp3) is 0.400. The maximum absolute atomic E-state index is 3.90. The van der Waals surface area contributed by atoms with Gasteiger partial charge < -0.3 is 0 Å². The number of nitrogens with zero attached hydrogens (tertiary/aromatic N) is 2. The SMILES string of the molecule is C[N]Cc1cc[nH]n1. The van der Waals surface area contributed by atoms with E-state index in [-0.39, 0.29) is 0 Å². The van der Waals surface area contributed by atoms with Crippen LogP contribution in [0.2, 0.25) is 0 Å². The Morgan fingerprint density at radius 3 is 3.25 bits per heavy atom. The molecule has 0 fully saturated rings. The van der Waals surface area contributed by atoms with Crippen LogP contribution in [0.1, 0.15) is 5.69 Å². The molecule has 1 aromatic rings. The molecule has 0 unspecified atom stereocenters. The second-order valence-corrected chi connectivity index (χ2v) is 1.54. The fourth-order valence-corrected chi connectivity index (χ4v) is 0.541. The molecule has 1 radical (unpaired) electrons. The second kappa shape index (κ2) is 2.47. The Kier molecular flexibility index (Phi) is 1.64. The van der Waals surface area contributed by atoms with Crippen LogP contribution in [0.15, 0.2) is 12.3 Å². The van der Waals surface area contributed by atoms with Gasteiger partial charge in [0.15, 0.2) is 0 Å². The third-order valence-electron chi connectivity index (χ3n) is 0.879. The summed E-state index contributed by atoms with van der Waals surface area (Å²) in [7, 11) is 1.77. The Labute approximate surface area is 48.1 Å². The minimum absolute atomic E-state index is 0.712. The summed E-state index contributed by atoms with van der Waals surface area (Å²) in [4.78, 5) is 0. The third-order valence-corrected chi connectivity index (χ3v) is 0.879. The van der Waals surface area contributed by atoms with E-state index in [1.54, 1.807) is 13.2 Å². The zero-order valence-corrected chi connectivity index (χ0v) is 4.76.